The molecule has 122 valence electrons. The minimum absolute atomic E-state index is 0.796. The molecule has 0 fully saturated rings. The lowest BCUT2D eigenvalue weighted by molar-refractivity contribution is 0.855. The highest BCUT2D eigenvalue weighted by atomic mass is 15.2. The third kappa shape index (κ3) is 4.07. The number of nitrogens with zero attached hydrogens (tertiary/aromatic N) is 4. The summed E-state index contributed by atoms with van der Waals surface area (Å²) in [5.74, 6) is 1.69. The van der Waals surface area contributed by atoms with Gasteiger partial charge in [-0.15, -0.1) is 0 Å². The van der Waals surface area contributed by atoms with Gasteiger partial charge in [0.25, 0.3) is 0 Å². The number of aromatic nitrogens is 3. The van der Waals surface area contributed by atoms with E-state index in [2.05, 4.69) is 38.2 Å². The summed E-state index contributed by atoms with van der Waals surface area (Å²) in [7, 11) is 2.04. The number of benzene rings is 1. The first-order valence-electron chi connectivity index (χ1n) is 7.97. The predicted octanol–water partition coefficient (Wildman–Crippen LogP) is 3.60. The van der Waals surface area contributed by atoms with Crippen LogP contribution in [0.15, 0.2) is 61.2 Å². The highest BCUT2D eigenvalue weighted by Crippen LogP contribution is 2.20. The van der Waals surface area contributed by atoms with Crippen LogP contribution in [0.3, 0.4) is 0 Å². The molecule has 3 rings (SSSR count). The fraction of sp³-hybridized carbons (Fsp3) is 0.211. The van der Waals surface area contributed by atoms with Crippen molar-refractivity contribution in [3.63, 3.8) is 0 Å². The van der Waals surface area contributed by atoms with Gasteiger partial charge in [-0.25, -0.2) is 9.97 Å². The Morgan fingerprint density at radius 1 is 1.04 bits per heavy atom. The molecule has 1 N–H and O–H groups in total. The molecule has 0 aliphatic heterocycles. The fourth-order valence-electron chi connectivity index (χ4n) is 2.44. The van der Waals surface area contributed by atoms with Crippen LogP contribution in [-0.4, -0.2) is 28.5 Å². The Balaban J connectivity index is 1.67. The first-order valence-corrected chi connectivity index (χ1v) is 7.97. The number of nitrogens with one attached hydrogen (secondary N) is 1. The lowest BCUT2D eigenvalue weighted by atomic mass is 10.2. The first kappa shape index (κ1) is 15.9. The highest BCUT2D eigenvalue weighted by Gasteiger charge is 2.06. The van der Waals surface area contributed by atoms with E-state index in [1.54, 1.807) is 6.33 Å². The molecule has 1 aromatic carbocycles. The predicted molar refractivity (Wildman–Crippen MR) is 97.7 cm³/mol. The number of rotatable bonds is 6. The summed E-state index contributed by atoms with van der Waals surface area (Å²) in [6.07, 6.45) is 6.19. The SMILES string of the molecule is Cc1ccccc1Nc1cc(N(C)CCc2ccncc2)ncn1. The number of likely N-dealkylation sites (N-methyl/N-ethyl adjacent to an activating group) is 1. The summed E-state index contributed by atoms with van der Waals surface area (Å²) < 4.78 is 0. The van der Waals surface area contributed by atoms with E-state index in [1.807, 2.05) is 55.8 Å². The van der Waals surface area contributed by atoms with Crippen molar-refractivity contribution in [2.45, 2.75) is 13.3 Å². The van der Waals surface area contributed by atoms with Crippen molar-refractivity contribution in [1.29, 1.82) is 0 Å². The van der Waals surface area contributed by atoms with E-state index in [9.17, 15) is 0 Å². The van der Waals surface area contributed by atoms with Gasteiger partial charge < -0.3 is 10.2 Å². The second-order valence-corrected chi connectivity index (χ2v) is 5.73. The summed E-state index contributed by atoms with van der Waals surface area (Å²) in [5.41, 5.74) is 3.51. The zero-order valence-electron chi connectivity index (χ0n) is 14.0. The second kappa shape index (κ2) is 7.55. The van der Waals surface area contributed by atoms with E-state index in [-0.39, 0.29) is 0 Å². The summed E-state index contributed by atoms with van der Waals surface area (Å²) in [5, 5.41) is 3.36. The van der Waals surface area contributed by atoms with E-state index in [0.29, 0.717) is 0 Å². The molecule has 0 amide bonds. The molecule has 0 bridgehead atoms. The Labute approximate surface area is 142 Å². The van der Waals surface area contributed by atoms with Crippen LogP contribution in [0.25, 0.3) is 0 Å². The van der Waals surface area contributed by atoms with Gasteiger partial charge in [0.2, 0.25) is 0 Å². The van der Waals surface area contributed by atoms with Gasteiger partial charge in [0.15, 0.2) is 0 Å². The molecule has 5 heteroatoms. The summed E-state index contributed by atoms with van der Waals surface area (Å²) in [4.78, 5) is 14.9. The van der Waals surface area contributed by atoms with Crippen LogP contribution in [0, 0.1) is 6.92 Å². The highest BCUT2D eigenvalue weighted by molar-refractivity contribution is 5.62. The average Bonchev–Trinajstić information content (AvgIpc) is 2.63. The third-order valence-corrected chi connectivity index (χ3v) is 3.94. The largest absolute Gasteiger partial charge is 0.359 e. The molecule has 0 spiro atoms. The van der Waals surface area contributed by atoms with Gasteiger partial charge in [0.05, 0.1) is 0 Å². The van der Waals surface area contributed by atoms with Crippen molar-refractivity contribution in [3.8, 4) is 0 Å². The van der Waals surface area contributed by atoms with Crippen molar-refractivity contribution in [2.24, 2.45) is 0 Å². The number of hydrogen-bond donors (Lipinski definition) is 1. The molecular weight excluding hydrogens is 298 g/mol. The van der Waals surface area contributed by atoms with Crippen LogP contribution < -0.4 is 10.2 Å². The Kier molecular flexibility index (Phi) is 5.01. The minimum Gasteiger partial charge on any atom is -0.359 e. The van der Waals surface area contributed by atoms with Crippen LogP contribution in [0.2, 0.25) is 0 Å². The number of hydrogen-bond acceptors (Lipinski definition) is 5. The standard InChI is InChI=1S/C19H21N5/c1-15-5-3-4-6-17(15)23-18-13-19(22-14-21-18)24(2)12-9-16-7-10-20-11-8-16/h3-8,10-11,13-14H,9,12H2,1-2H3,(H,21,22,23). The Morgan fingerprint density at radius 2 is 1.83 bits per heavy atom. The van der Waals surface area contributed by atoms with Gasteiger partial charge in [0, 0.05) is 37.7 Å². The normalized spacial score (nSPS) is 10.4. The molecule has 0 radical (unpaired) electrons. The molecule has 0 aliphatic carbocycles. The monoisotopic (exact) mass is 319 g/mol. The lowest BCUT2D eigenvalue weighted by Gasteiger charge is -2.18. The molecule has 0 unspecified atom stereocenters. The zero-order chi connectivity index (χ0) is 16.8. The average molecular weight is 319 g/mol. The van der Waals surface area contributed by atoms with Gasteiger partial charge >= 0.3 is 0 Å². The molecule has 0 saturated carbocycles. The van der Waals surface area contributed by atoms with E-state index in [1.165, 1.54) is 11.1 Å². The molecule has 0 aliphatic rings. The lowest BCUT2D eigenvalue weighted by Crippen LogP contribution is -2.21. The Morgan fingerprint density at radius 3 is 2.62 bits per heavy atom. The van der Waals surface area contributed by atoms with Crippen LogP contribution in [0.5, 0.6) is 0 Å². The smallest absolute Gasteiger partial charge is 0.135 e. The molecule has 2 heterocycles. The van der Waals surface area contributed by atoms with Crippen LogP contribution in [0.4, 0.5) is 17.3 Å². The van der Waals surface area contributed by atoms with Gasteiger partial charge in [-0.3, -0.25) is 4.98 Å². The first-order chi connectivity index (χ1) is 11.7. The van der Waals surface area contributed by atoms with Crippen molar-refractivity contribution in [3.05, 3.63) is 72.3 Å². The van der Waals surface area contributed by atoms with Gasteiger partial charge in [0.1, 0.15) is 18.0 Å². The van der Waals surface area contributed by atoms with Crippen molar-refractivity contribution < 1.29 is 0 Å². The number of aryl methyl sites for hydroxylation is 1. The van der Waals surface area contributed by atoms with Crippen molar-refractivity contribution in [1.82, 2.24) is 15.0 Å². The molecule has 24 heavy (non-hydrogen) atoms. The maximum Gasteiger partial charge on any atom is 0.135 e. The van der Waals surface area contributed by atoms with Gasteiger partial charge in [-0.1, -0.05) is 18.2 Å². The Hall–Kier alpha value is -2.95. The Bertz CT molecular complexity index is 789. The second-order valence-electron chi connectivity index (χ2n) is 5.73. The molecule has 2 aromatic heterocycles. The van der Waals surface area contributed by atoms with E-state index in [0.717, 1.165) is 30.3 Å². The van der Waals surface area contributed by atoms with E-state index < -0.39 is 0 Å². The van der Waals surface area contributed by atoms with Crippen LogP contribution in [-0.2, 0) is 6.42 Å². The van der Waals surface area contributed by atoms with Crippen LogP contribution in [0.1, 0.15) is 11.1 Å². The fourth-order valence-corrected chi connectivity index (χ4v) is 2.44. The molecule has 0 atom stereocenters. The number of para-hydroxylation sites is 1. The molecule has 5 nitrogen and oxygen atoms in total. The van der Waals surface area contributed by atoms with Crippen LogP contribution >= 0.6 is 0 Å². The summed E-state index contributed by atoms with van der Waals surface area (Å²) >= 11 is 0. The number of anilines is 3. The third-order valence-electron chi connectivity index (χ3n) is 3.94. The van der Waals surface area contributed by atoms with Gasteiger partial charge in [-0.2, -0.15) is 0 Å². The number of pyridine rings is 1. The summed E-state index contributed by atoms with van der Waals surface area (Å²) in [6.45, 7) is 2.95. The minimum atomic E-state index is 0.796. The maximum absolute atomic E-state index is 4.38. The molecule has 3 aromatic rings. The van der Waals surface area contributed by atoms with Gasteiger partial charge in [-0.05, 0) is 42.7 Å². The van der Waals surface area contributed by atoms with E-state index >= 15 is 0 Å². The molecular formula is C19H21N5. The quantitative estimate of drug-likeness (QED) is 0.752. The zero-order valence-corrected chi connectivity index (χ0v) is 14.0. The topological polar surface area (TPSA) is 53.9 Å². The van der Waals surface area contributed by atoms with Crippen molar-refractivity contribution in [2.75, 3.05) is 23.8 Å². The van der Waals surface area contributed by atoms with Crippen molar-refractivity contribution >= 4 is 17.3 Å². The summed E-state index contributed by atoms with van der Waals surface area (Å²) in [6, 6.07) is 14.2. The molecule has 0 saturated heterocycles. The maximum atomic E-state index is 4.38. The van der Waals surface area contributed by atoms with E-state index in [4.69, 9.17) is 0 Å².